The molecule has 0 bridgehead atoms. The van der Waals surface area contributed by atoms with E-state index in [4.69, 9.17) is 4.74 Å². The zero-order valence-corrected chi connectivity index (χ0v) is 24.3. The largest absolute Gasteiger partial charge is 0.446 e. The molecule has 5 rings (SSSR count). The minimum Gasteiger partial charge on any atom is -0.446 e. The molecule has 0 radical (unpaired) electrons. The van der Waals surface area contributed by atoms with E-state index in [0.717, 1.165) is 114 Å². The van der Waals surface area contributed by atoms with Crippen molar-refractivity contribution in [3.05, 3.63) is 54.6 Å². The van der Waals surface area contributed by atoms with E-state index < -0.39 is 11.8 Å². The van der Waals surface area contributed by atoms with Crippen LogP contribution >= 0.6 is 0 Å². The van der Waals surface area contributed by atoms with Crippen LogP contribution in [0, 0.1) is 0 Å². The van der Waals surface area contributed by atoms with Crippen LogP contribution in [-0.2, 0) is 4.74 Å². The van der Waals surface area contributed by atoms with E-state index in [1.807, 2.05) is 71.3 Å². The highest BCUT2D eigenvalue weighted by Crippen LogP contribution is 2.28. The van der Waals surface area contributed by atoms with Gasteiger partial charge in [0.15, 0.2) is 0 Å². The summed E-state index contributed by atoms with van der Waals surface area (Å²) >= 11 is 0. The first kappa shape index (κ1) is 29.4. The van der Waals surface area contributed by atoms with Gasteiger partial charge < -0.3 is 24.5 Å². The highest BCUT2D eigenvalue weighted by Gasteiger charge is 2.34. The molecule has 9 heteroatoms. The molecule has 0 spiro atoms. The number of carbonyl (C=O) groups is 2. The molecule has 3 heterocycles. The fraction of sp³-hybridized carbons (Fsp3) is 0.562. The van der Waals surface area contributed by atoms with Crippen molar-refractivity contribution < 1.29 is 19.4 Å². The van der Waals surface area contributed by atoms with Gasteiger partial charge in [-0.15, -0.1) is 0 Å². The second kappa shape index (κ2) is 13.7. The van der Waals surface area contributed by atoms with Crippen LogP contribution < -0.4 is 5.32 Å². The number of carbonyl (C=O) groups excluding carboxylic acids is 2. The Morgan fingerprint density at radius 2 is 1.56 bits per heavy atom. The molecule has 3 amide bonds. The molecule has 41 heavy (non-hydrogen) atoms. The molecule has 0 saturated carbocycles. The highest BCUT2D eigenvalue weighted by molar-refractivity contribution is 5.91. The van der Waals surface area contributed by atoms with Gasteiger partial charge in [0.2, 0.25) is 0 Å². The molecule has 3 fully saturated rings. The lowest BCUT2D eigenvalue weighted by molar-refractivity contribution is -0.0645. The monoisotopic (exact) mass is 563 g/mol. The molecule has 3 aliphatic heterocycles. The van der Waals surface area contributed by atoms with Crippen LogP contribution in [0.5, 0.6) is 0 Å². The predicted octanol–water partition coefficient (Wildman–Crippen LogP) is 4.69. The molecule has 9 nitrogen and oxygen atoms in total. The quantitative estimate of drug-likeness (QED) is 0.413. The summed E-state index contributed by atoms with van der Waals surface area (Å²) in [6.07, 6.45) is 4.83. The zero-order valence-electron chi connectivity index (χ0n) is 24.3. The number of nitrogens with one attached hydrogen (secondary N) is 1. The SMILES string of the molecule is CC1(O)CCCN1CCCN1CCN(CCCN2CCC(OC(=O)Nc3ccccc3-c3ccccc3)CC2)C1=O. The van der Waals surface area contributed by atoms with E-state index in [0.29, 0.717) is 0 Å². The molecule has 2 N–H and O–H groups in total. The number of urea groups is 1. The molecule has 0 aromatic heterocycles. The molecule has 0 aliphatic carbocycles. The predicted molar refractivity (Wildman–Crippen MR) is 161 cm³/mol. The number of ether oxygens (including phenoxy) is 1. The Labute approximate surface area is 244 Å². The summed E-state index contributed by atoms with van der Waals surface area (Å²) in [7, 11) is 0. The number of rotatable bonds is 11. The zero-order chi connectivity index (χ0) is 28.7. The molecular weight excluding hydrogens is 518 g/mol. The lowest BCUT2D eigenvalue weighted by Crippen LogP contribution is -2.42. The first-order valence-corrected chi connectivity index (χ1v) is 15.2. The number of benzene rings is 2. The van der Waals surface area contributed by atoms with Gasteiger partial charge in [0.05, 0.1) is 5.69 Å². The summed E-state index contributed by atoms with van der Waals surface area (Å²) in [5.74, 6) is 0. The maximum absolute atomic E-state index is 12.8. The van der Waals surface area contributed by atoms with Crippen molar-refractivity contribution in [1.82, 2.24) is 19.6 Å². The van der Waals surface area contributed by atoms with Gasteiger partial charge in [-0.05, 0) is 63.6 Å². The Kier molecular flexibility index (Phi) is 9.80. The van der Waals surface area contributed by atoms with Crippen LogP contribution in [0.3, 0.4) is 0 Å². The van der Waals surface area contributed by atoms with Crippen molar-refractivity contribution in [2.45, 2.75) is 57.3 Å². The smallest absolute Gasteiger partial charge is 0.411 e. The summed E-state index contributed by atoms with van der Waals surface area (Å²) in [4.78, 5) is 34.0. The number of hydrogen-bond donors (Lipinski definition) is 2. The van der Waals surface area contributed by atoms with Crippen molar-refractivity contribution in [3.63, 3.8) is 0 Å². The van der Waals surface area contributed by atoms with E-state index in [1.54, 1.807) is 0 Å². The lowest BCUT2D eigenvalue weighted by atomic mass is 10.0. The number of hydrogen-bond acceptors (Lipinski definition) is 6. The minimum atomic E-state index is -0.692. The van der Waals surface area contributed by atoms with Gasteiger partial charge >= 0.3 is 12.1 Å². The van der Waals surface area contributed by atoms with Gasteiger partial charge in [-0.2, -0.15) is 0 Å². The van der Waals surface area contributed by atoms with Crippen LogP contribution in [0.4, 0.5) is 15.3 Å². The standard InChI is InChI=1S/C32H45N5O4/c1-32(40)16-7-20-37(32)21-9-19-36-25-24-35(31(36)39)18-8-17-34-22-14-27(15-23-34)41-30(38)33-29-13-6-5-12-28(29)26-10-3-2-4-11-26/h2-6,10-13,27,40H,7-9,14-25H2,1H3,(H,33,38). The Morgan fingerprint density at radius 1 is 0.902 bits per heavy atom. The van der Waals surface area contributed by atoms with Crippen molar-refractivity contribution >= 4 is 17.8 Å². The van der Waals surface area contributed by atoms with E-state index in [2.05, 4.69) is 15.1 Å². The summed E-state index contributed by atoms with van der Waals surface area (Å²) in [5, 5.41) is 13.3. The maximum atomic E-state index is 12.8. The molecule has 1 atom stereocenters. The third kappa shape index (κ3) is 7.78. The van der Waals surface area contributed by atoms with Crippen molar-refractivity contribution in [1.29, 1.82) is 0 Å². The average molecular weight is 564 g/mol. The third-order valence-electron chi connectivity index (χ3n) is 8.76. The van der Waals surface area contributed by atoms with Crippen molar-refractivity contribution in [2.24, 2.45) is 0 Å². The summed E-state index contributed by atoms with van der Waals surface area (Å²) in [5.41, 5.74) is 2.07. The van der Waals surface area contributed by atoms with Crippen LogP contribution in [0.15, 0.2) is 54.6 Å². The lowest BCUT2D eigenvalue weighted by Gasteiger charge is -2.32. The number of likely N-dealkylation sites (tertiary alicyclic amines) is 2. The molecule has 2 aromatic carbocycles. The number of aliphatic hydroxyl groups is 1. The Bertz CT molecular complexity index is 1150. The van der Waals surface area contributed by atoms with E-state index in [-0.39, 0.29) is 12.1 Å². The topological polar surface area (TPSA) is 88.6 Å². The Hall–Kier alpha value is -3.14. The summed E-state index contributed by atoms with van der Waals surface area (Å²) in [6, 6.07) is 17.9. The molecule has 2 aromatic rings. The maximum Gasteiger partial charge on any atom is 0.411 e. The van der Waals surface area contributed by atoms with E-state index in [9.17, 15) is 14.7 Å². The average Bonchev–Trinajstić information content (AvgIpc) is 3.50. The number of anilines is 1. The van der Waals surface area contributed by atoms with Gasteiger partial charge in [0, 0.05) is 57.9 Å². The summed E-state index contributed by atoms with van der Waals surface area (Å²) < 4.78 is 5.77. The fourth-order valence-electron chi connectivity index (χ4n) is 6.34. The van der Waals surface area contributed by atoms with Crippen LogP contribution in [0.2, 0.25) is 0 Å². The normalized spacial score (nSPS) is 22.4. The Balaban J connectivity index is 0.968. The fourth-order valence-corrected chi connectivity index (χ4v) is 6.34. The van der Waals surface area contributed by atoms with Gasteiger partial charge in [-0.1, -0.05) is 48.5 Å². The Morgan fingerprint density at radius 3 is 2.24 bits per heavy atom. The number of amides is 3. The van der Waals surface area contributed by atoms with Crippen LogP contribution in [-0.4, -0.2) is 108 Å². The first-order valence-electron chi connectivity index (χ1n) is 15.2. The number of nitrogens with zero attached hydrogens (tertiary/aromatic N) is 4. The van der Waals surface area contributed by atoms with Crippen molar-refractivity contribution in [2.75, 3.05) is 64.2 Å². The third-order valence-corrected chi connectivity index (χ3v) is 8.76. The number of piperidine rings is 1. The van der Waals surface area contributed by atoms with Gasteiger partial charge in [-0.25, -0.2) is 9.59 Å². The first-order chi connectivity index (χ1) is 19.9. The van der Waals surface area contributed by atoms with Crippen LogP contribution in [0.25, 0.3) is 11.1 Å². The van der Waals surface area contributed by atoms with Gasteiger partial charge in [0.1, 0.15) is 11.8 Å². The van der Waals surface area contributed by atoms with Crippen molar-refractivity contribution in [3.8, 4) is 11.1 Å². The molecule has 222 valence electrons. The van der Waals surface area contributed by atoms with E-state index in [1.165, 1.54) is 0 Å². The number of para-hydroxylation sites is 1. The minimum absolute atomic E-state index is 0.0897. The van der Waals surface area contributed by atoms with Gasteiger partial charge in [0.25, 0.3) is 0 Å². The summed E-state index contributed by atoms with van der Waals surface area (Å²) in [6.45, 7) is 9.48. The second-order valence-electron chi connectivity index (χ2n) is 11.8. The molecule has 3 saturated heterocycles. The molecule has 1 unspecified atom stereocenters. The van der Waals surface area contributed by atoms with Gasteiger partial charge in [-0.3, -0.25) is 10.2 Å². The molecular formula is C32H45N5O4. The second-order valence-corrected chi connectivity index (χ2v) is 11.8. The van der Waals surface area contributed by atoms with Crippen LogP contribution in [0.1, 0.15) is 45.4 Å². The molecule has 3 aliphatic rings. The highest BCUT2D eigenvalue weighted by atomic mass is 16.6. The van der Waals surface area contributed by atoms with E-state index >= 15 is 0 Å².